The lowest BCUT2D eigenvalue weighted by Crippen LogP contribution is -2.35. The Kier molecular flexibility index (Phi) is 8.06. The highest BCUT2D eigenvalue weighted by atomic mass is 16.1. The second-order valence-corrected chi connectivity index (χ2v) is 10.1. The van der Waals surface area contributed by atoms with Crippen molar-refractivity contribution in [2.45, 2.75) is 64.5 Å². The summed E-state index contributed by atoms with van der Waals surface area (Å²) in [5, 5.41) is 4.41. The van der Waals surface area contributed by atoms with E-state index in [2.05, 4.69) is 57.5 Å². The lowest BCUT2D eigenvalue weighted by Gasteiger charge is -2.29. The van der Waals surface area contributed by atoms with Gasteiger partial charge in [-0.1, -0.05) is 56.0 Å². The van der Waals surface area contributed by atoms with Crippen molar-refractivity contribution in [2.75, 3.05) is 0 Å². The van der Waals surface area contributed by atoms with E-state index in [0.29, 0.717) is 12.5 Å². The summed E-state index contributed by atoms with van der Waals surface area (Å²) < 4.78 is 2.29. The number of nitrogens with one attached hydrogen (secondary N) is 1. The summed E-state index contributed by atoms with van der Waals surface area (Å²) in [5.41, 5.74) is 4.59. The quantitative estimate of drug-likeness (QED) is 0.255. The summed E-state index contributed by atoms with van der Waals surface area (Å²) in [5.74, 6) is 0.833. The Bertz CT molecular complexity index is 1250. The normalized spacial score (nSPS) is 15.1. The molecule has 0 radical (unpaired) electrons. The van der Waals surface area contributed by atoms with Crippen LogP contribution in [0.4, 0.5) is 0 Å². The molecule has 0 spiro atoms. The van der Waals surface area contributed by atoms with E-state index in [-0.39, 0.29) is 11.8 Å². The molecule has 5 nitrogen and oxygen atoms in total. The van der Waals surface area contributed by atoms with E-state index in [1.807, 2.05) is 24.4 Å². The molecule has 5 rings (SSSR count). The number of fused-ring (bicyclic) bond motifs is 1. The van der Waals surface area contributed by atoms with Gasteiger partial charge in [-0.05, 0) is 67.0 Å². The molecule has 36 heavy (non-hydrogen) atoms. The maximum Gasteiger partial charge on any atom is 0.223 e. The van der Waals surface area contributed by atoms with Gasteiger partial charge in [0.2, 0.25) is 5.91 Å². The number of carbonyl (C=O) groups is 1. The van der Waals surface area contributed by atoms with E-state index in [1.54, 1.807) is 12.4 Å². The fourth-order valence-electron chi connectivity index (χ4n) is 5.73. The summed E-state index contributed by atoms with van der Waals surface area (Å²) in [6.07, 6.45) is 16.9. The number of hydrogen-bond acceptors (Lipinski definition) is 3. The van der Waals surface area contributed by atoms with Gasteiger partial charge in [-0.3, -0.25) is 9.78 Å². The van der Waals surface area contributed by atoms with Crippen molar-refractivity contribution in [2.24, 2.45) is 11.8 Å². The smallest absolute Gasteiger partial charge is 0.223 e. The van der Waals surface area contributed by atoms with Crippen LogP contribution in [-0.2, 0) is 17.9 Å². The number of nitrogens with zero attached hydrogens (tertiary/aromatic N) is 3. The zero-order valence-corrected chi connectivity index (χ0v) is 21.0. The molecule has 186 valence electrons. The molecule has 1 fully saturated rings. The number of amides is 1. The van der Waals surface area contributed by atoms with Crippen LogP contribution in [-0.4, -0.2) is 20.4 Å². The number of benzene rings is 1. The predicted octanol–water partition coefficient (Wildman–Crippen LogP) is 6.78. The Morgan fingerprint density at radius 3 is 2.56 bits per heavy atom. The average Bonchev–Trinajstić information content (AvgIpc) is 3.32. The van der Waals surface area contributed by atoms with Crippen molar-refractivity contribution < 1.29 is 4.79 Å². The highest BCUT2D eigenvalue weighted by Gasteiger charge is 2.29. The van der Waals surface area contributed by atoms with Crippen LogP contribution in [0, 0.1) is 11.8 Å². The summed E-state index contributed by atoms with van der Waals surface area (Å²) >= 11 is 0. The molecule has 0 bridgehead atoms. The molecule has 3 heterocycles. The fourth-order valence-corrected chi connectivity index (χ4v) is 5.73. The van der Waals surface area contributed by atoms with E-state index < -0.39 is 0 Å². The van der Waals surface area contributed by atoms with Crippen LogP contribution in [0.2, 0.25) is 0 Å². The number of hydrogen-bond donors (Lipinski definition) is 1. The Labute approximate surface area is 214 Å². The van der Waals surface area contributed by atoms with Gasteiger partial charge in [-0.15, -0.1) is 0 Å². The lowest BCUT2D eigenvalue weighted by molar-refractivity contribution is -0.127. The van der Waals surface area contributed by atoms with Crippen molar-refractivity contribution in [1.29, 1.82) is 0 Å². The van der Waals surface area contributed by atoms with E-state index in [4.69, 9.17) is 4.98 Å². The monoisotopic (exact) mass is 480 g/mol. The molecule has 1 aliphatic rings. The standard InChI is InChI=1S/C31H36N4O/c36-31(34-22-24-16-19-32-20-17-24)27(25-10-3-1-4-11-25)14-7-8-21-35-23-29(26-12-5-2-6-13-26)28-15-9-18-33-30(28)35/h2,5-6,9,12-13,15-20,23,25,27H,1,3-4,7-8,10-11,14,21-22H2,(H,34,36). The zero-order chi connectivity index (χ0) is 24.6. The SMILES string of the molecule is O=C(NCc1ccncc1)C(CCCCn1cc(-c2ccccc2)c2cccnc21)C1CCCCC1. The van der Waals surface area contributed by atoms with Gasteiger partial charge in [-0.25, -0.2) is 4.98 Å². The van der Waals surface area contributed by atoms with Crippen molar-refractivity contribution in [3.05, 3.63) is 84.9 Å². The third-order valence-electron chi connectivity index (χ3n) is 7.65. The van der Waals surface area contributed by atoms with E-state index in [9.17, 15) is 4.79 Å². The van der Waals surface area contributed by atoms with Crippen LogP contribution < -0.4 is 5.32 Å². The minimum atomic E-state index is 0.103. The van der Waals surface area contributed by atoms with Crippen LogP contribution >= 0.6 is 0 Å². The second-order valence-electron chi connectivity index (χ2n) is 10.1. The molecule has 1 amide bonds. The molecular formula is C31H36N4O. The van der Waals surface area contributed by atoms with E-state index in [0.717, 1.165) is 37.0 Å². The molecule has 3 aromatic heterocycles. The number of pyridine rings is 2. The summed E-state index contributed by atoms with van der Waals surface area (Å²) in [6.45, 7) is 1.49. The zero-order valence-electron chi connectivity index (χ0n) is 21.0. The molecule has 1 aromatic carbocycles. The summed E-state index contributed by atoms with van der Waals surface area (Å²) in [6, 6.07) is 18.6. The third-order valence-corrected chi connectivity index (χ3v) is 7.65. The van der Waals surface area contributed by atoms with Crippen molar-refractivity contribution >= 4 is 16.9 Å². The van der Waals surface area contributed by atoms with Gasteiger partial charge in [-0.2, -0.15) is 0 Å². The maximum absolute atomic E-state index is 13.3. The van der Waals surface area contributed by atoms with Crippen LogP contribution in [0.3, 0.4) is 0 Å². The first-order valence-corrected chi connectivity index (χ1v) is 13.5. The maximum atomic E-state index is 13.3. The lowest BCUT2D eigenvalue weighted by atomic mass is 9.77. The van der Waals surface area contributed by atoms with Gasteiger partial charge in [0.1, 0.15) is 5.65 Å². The van der Waals surface area contributed by atoms with Gasteiger partial charge in [0.25, 0.3) is 0 Å². The number of rotatable bonds is 10. The molecule has 1 N–H and O–H groups in total. The molecule has 1 atom stereocenters. The van der Waals surface area contributed by atoms with E-state index >= 15 is 0 Å². The fraction of sp³-hybridized carbons (Fsp3) is 0.387. The van der Waals surface area contributed by atoms with Crippen molar-refractivity contribution in [3.8, 4) is 11.1 Å². The molecule has 1 saturated carbocycles. The van der Waals surface area contributed by atoms with Gasteiger partial charge in [0, 0.05) is 54.7 Å². The minimum absolute atomic E-state index is 0.103. The van der Waals surface area contributed by atoms with Crippen LogP contribution in [0.1, 0.15) is 56.9 Å². The predicted molar refractivity (Wildman–Crippen MR) is 145 cm³/mol. The first-order chi connectivity index (χ1) is 17.8. The number of carbonyl (C=O) groups excluding carboxylic acids is 1. The van der Waals surface area contributed by atoms with Gasteiger partial charge < -0.3 is 9.88 Å². The molecule has 0 saturated heterocycles. The largest absolute Gasteiger partial charge is 0.352 e. The first-order valence-electron chi connectivity index (χ1n) is 13.5. The Hall–Kier alpha value is -3.47. The Balaban J connectivity index is 1.23. The second kappa shape index (κ2) is 12.0. The minimum Gasteiger partial charge on any atom is -0.352 e. The molecule has 1 unspecified atom stereocenters. The molecule has 1 aliphatic carbocycles. The van der Waals surface area contributed by atoms with Crippen molar-refractivity contribution in [1.82, 2.24) is 19.9 Å². The molecule has 4 aromatic rings. The molecular weight excluding hydrogens is 444 g/mol. The van der Waals surface area contributed by atoms with Crippen molar-refractivity contribution in [3.63, 3.8) is 0 Å². The topological polar surface area (TPSA) is 59.8 Å². The van der Waals surface area contributed by atoms with Crippen LogP contribution in [0.25, 0.3) is 22.2 Å². The van der Waals surface area contributed by atoms with Gasteiger partial charge in [0.05, 0.1) is 0 Å². The average molecular weight is 481 g/mol. The highest BCUT2D eigenvalue weighted by Crippen LogP contribution is 2.34. The van der Waals surface area contributed by atoms with E-state index in [1.165, 1.54) is 48.6 Å². The number of aromatic nitrogens is 3. The Morgan fingerprint density at radius 1 is 0.944 bits per heavy atom. The van der Waals surface area contributed by atoms with Crippen LogP contribution in [0.5, 0.6) is 0 Å². The molecule has 5 heteroatoms. The summed E-state index contributed by atoms with van der Waals surface area (Å²) in [4.78, 5) is 22.0. The third kappa shape index (κ3) is 5.84. The number of unbranched alkanes of at least 4 members (excludes halogenated alkanes) is 1. The summed E-state index contributed by atoms with van der Waals surface area (Å²) in [7, 11) is 0. The van der Waals surface area contributed by atoms with Gasteiger partial charge in [0.15, 0.2) is 0 Å². The molecule has 0 aliphatic heterocycles. The van der Waals surface area contributed by atoms with Crippen LogP contribution in [0.15, 0.2) is 79.4 Å². The van der Waals surface area contributed by atoms with Gasteiger partial charge >= 0.3 is 0 Å². The first kappa shape index (κ1) is 24.2. The Morgan fingerprint density at radius 2 is 1.75 bits per heavy atom. The number of aryl methyl sites for hydroxylation is 1. The highest BCUT2D eigenvalue weighted by molar-refractivity contribution is 5.94.